The summed E-state index contributed by atoms with van der Waals surface area (Å²) in [5.74, 6) is -0.396. The third-order valence-corrected chi connectivity index (χ3v) is 3.91. The lowest BCUT2D eigenvalue weighted by atomic mass is 10.0. The number of carbonyl (C=O) groups excluding carboxylic acids is 2. The fourth-order valence-electron chi connectivity index (χ4n) is 2.74. The molecule has 0 fully saturated rings. The second kappa shape index (κ2) is 6.52. The molecule has 0 atom stereocenters. The summed E-state index contributed by atoms with van der Waals surface area (Å²) in [7, 11) is 1.34. The smallest absolute Gasteiger partial charge is 0.337 e. The number of hydrogen-bond acceptors (Lipinski definition) is 3. The molecule has 0 radical (unpaired) electrons. The maximum absolute atomic E-state index is 12.5. The standard InChI is InChI=1S/C18H18N2O3/c1-23-17(21)14-8-10-15(11-9-14)19-18(22)20-12-4-6-13-5-2-3-7-16(13)20/h2-3,5,7-11H,4,6,12H2,1H3,(H,19,22). The van der Waals surface area contributed by atoms with Crippen molar-refractivity contribution in [1.82, 2.24) is 0 Å². The van der Waals surface area contributed by atoms with Crippen LogP contribution in [0, 0.1) is 0 Å². The zero-order valence-corrected chi connectivity index (χ0v) is 12.9. The first-order valence-corrected chi connectivity index (χ1v) is 7.54. The summed E-state index contributed by atoms with van der Waals surface area (Å²) in [5, 5.41) is 2.87. The first kappa shape index (κ1) is 15.1. The van der Waals surface area contributed by atoms with Gasteiger partial charge in [0.05, 0.1) is 12.7 Å². The lowest BCUT2D eigenvalue weighted by molar-refractivity contribution is 0.0601. The number of anilines is 2. The molecule has 0 saturated carbocycles. The lowest BCUT2D eigenvalue weighted by Gasteiger charge is -2.29. The second-order valence-electron chi connectivity index (χ2n) is 5.38. The van der Waals surface area contributed by atoms with Gasteiger partial charge in [-0.1, -0.05) is 18.2 Å². The number of para-hydroxylation sites is 1. The van der Waals surface area contributed by atoms with Crippen molar-refractivity contribution < 1.29 is 14.3 Å². The molecule has 0 unspecified atom stereocenters. The molecule has 5 nitrogen and oxygen atoms in total. The van der Waals surface area contributed by atoms with E-state index in [1.165, 1.54) is 12.7 Å². The highest BCUT2D eigenvalue weighted by atomic mass is 16.5. The predicted molar refractivity (Wildman–Crippen MR) is 88.9 cm³/mol. The fraction of sp³-hybridized carbons (Fsp3) is 0.222. The van der Waals surface area contributed by atoms with E-state index >= 15 is 0 Å². The summed E-state index contributed by atoms with van der Waals surface area (Å²) < 4.78 is 4.66. The van der Waals surface area contributed by atoms with Gasteiger partial charge >= 0.3 is 12.0 Å². The summed E-state index contributed by atoms with van der Waals surface area (Å²) in [6.45, 7) is 0.698. The van der Waals surface area contributed by atoms with E-state index in [0.29, 0.717) is 17.8 Å². The minimum absolute atomic E-state index is 0.164. The van der Waals surface area contributed by atoms with Gasteiger partial charge in [0.2, 0.25) is 0 Å². The van der Waals surface area contributed by atoms with Crippen LogP contribution < -0.4 is 10.2 Å². The Balaban J connectivity index is 1.74. The van der Waals surface area contributed by atoms with Crippen LogP contribution in [0.2, 0.25) is 0 Å². The van der Waals surface area contributed by atoms with Crippen molar-refractivity contribution >= 4 is 23.4 Å². The largest absolute Gasteiger partial charge is 0.465 e. The summed E-state index contributed by atoms with van der Waals surface area (Å²) in [4.78, 5) is 25.7. The van der Waals surface area contributed by atoms with Crippen molar-refractivity contribution in [2.24, 2.45) is 0 Å². The third-order valence-electron chi connectivity index (χ3n) is 3.91. The molecule has 0 saturated heterocycles. The van der Waals surface area contributed by atoms with Crippen molar-refractivity contribution in [1.29, 1.82) is 0 Å². The Labute approximate surface area is 134 Å². The zero-order valence-electron chi connectivity index (χ0n) is 12.9. The van der Waals surface area contributed by atoms with E-state index in [-0.39, 0.29) is 6.03 Å². The van der Waals surface area contributed by atoms with Gasteiger partial charge in [0.25, 0.3) is 0 Å². The SMILES string of the molecule is COC(=O)c1ccc(NC(=O)N2CCCc3ccccc32)cc1. The van der Waals surface area contributed by atoms with Crippen LogP contribution in [0.5, 0.6) is 0 Å². The Morgan fingerprint density at radius 2 is 1.83 bits per heavy atom. The molecular weight excluding hydrogens is 292 g/mol. The zero-order chi connectivity index (χ0) is 16.2. The van der Waals surface area contributed by atoms with Gasteiger partial charge in [0, 0.05) is 17.9 Å². The van der Waals surface area contributed by atoms with Gasteiger partial charge < -0.3 is 10.1 Å². The average Bonchev–Trinajstić information content (AvgIpc) is 2.61. The van der Waals surface area contributed by atoms with Gasteiger partial charge in [-0.05, 0) is 48.7 Å². The van der Waals surface area contributed by atoms with E-state index in [1.807, 2.05) is 18.2 Å². The van der Waals surface area contributed by atoms with Gasteiger partial charge in [-0.2, -0.15) is 0 Å². The highest BCUT2D eigenvalue weighted by molar-refractivity contribution is 6.02. The van der Waals surface area contributed by atoms with E-state index in [2.05, 4.69) is 16.1 Å². The van der Waals surface area contributed by atoms with E-state index in [9.17, 15) is 9.59 Å². The Bertz CT molecular complexity index is 725. The Kier molecular flexibility index (Phi) is 4.28. The Morgan fingerprint density at radius 3 is 2.57 bits per heavy atom. The van der Waals surface area contributed by atoms with Crippen LogP contribution in [0.1, 0.15) is 22.3 Å². The number of urea groups is 1. The summed E-state index contributed by atoms with van der Waals surface area (Å²) in [6, 6.07) is 14.4. The number of aryl methyl sites for hydroxylation is 1. The number of rotatable bonds is 2. The van der Waals surface area contributed by atoms with Crippen LogP contribution >= 0.6 is 0 Å². The average molecular weight is 310 g/mol. The molecule has 3 rings (SSSR count). The van der Waals surface area contributed by atoms with Gasteiger partial charge in [0.15, 0.2) is 0 Å². The second-order valence-corrected chi connectivity index (χ2v) is 5.38. The van der Waals surface area contributed by atoms with E-state index in [0.717, 1.165) is 18.5 Å². The van der Waals surface area contributed by atoms with Crippen LogP contribution in [-0.2, 0) is 11.2 Å². The molecule has 1 heterocycles. The molecule has 1 aliphatic heterocycles. The van der Waals surface area contributed by atoms with Crippen LogP contribution in [-0.4, -0.2) is 25.7 Å². The van der Waals surface area contributed by atoms with Crippen LogP contribution in [0.25, 0.3) is 0 Å². The molecule has 2 aromatic rings. The molecule has 118 valence electrons. The molecular formula is C18H18N2O3. The highest BCUT2D eigenvalue weighted by Crippen LogP contribution is 2.27. The highest BCUT2D eigenvalue weighted by Gasteiger charge is 2.22. The molecule has 23 heavy (non-hydrogen) atoms. The van der Waals surface area contributed by atoms with E-state index in [4.69, 9.17) is 0 Å². The van der Waals surface area contributed by atoms with Gasteiger partial charge in [0.1, 0.15) is 0 Å². The van der Waals surface area contributed by atoms with Crippen LogP contribution in [0.15, 0.2) is 48.5 Å². The maximum Gasteiger partial charge on any atom is 0.337 e. The quantitative estimate of drug-likeness (QED) is 0.864. The number of nitrogens with one attached hydrogen (secondary N) is 1. The lowest BCUT2D eigenvalue weighted by Crippen LogP contribution is -2.38. The normalized spacial score (nSPS) is 13.2. The van der Waals surface area contributed by atoms with E-state index in [1.54, 1.807) is 29.2 Å². The van der Waals surface area contributed by atoms with Crippen molar-refractivity contribution in [2.75, 3.05) is 23.9 Å². The summed E-state index contributed by atoms with van der Waals surface area (Å²) in [5.41, 5.74) is 3.25. The molecule has 0 spiro atoms. The summed E-state index contributed by atoms with van der Waals surface area (Å²) in [6.07, 6.45) is 1.94. The number of fused-ring (bicyclic) bond motifs is 1. The van der Waals surface area contributed by atoms with E-state index < -0.39 is 5.97 Å². The molecule has 1 N–H and O–H groups in total. The molecule has 5 heteroatoms. The molecule has 2 amide bonds. The molecule has 1 aliphatic rings. The van der Waals surface area contributed by atoms with Crippen molar-refractivity contribution in [3.63, 3.8) is 0 Å². The number of carbonyl (C=O) groups is 2. The first-order valence-electron chi connectivity index (χ1n) is 7.54. The molecule has 2 aromatic carbocycles. The number of ether oxygens (including phenoxy) is 1. The van der Waals surface area contributed by atoms with Crippen LogP contribution in [0.3, 0.4) is 0 Å². The van der Waals surface area contributed by atoms with Crippen LogP contribution in [0.4, 0.5) is 16.2 Å². The molecule has 0 aromatic heterocycles. The molecule has 0 aliphatic carbocycles. The Morgan fingerprint density at radius 1 is 1.09 bits per heavy atom. The van der Waals surface area contributed by atoms with Gasteiger partial charge in [-0.25, -0.2) is 9.59 Å². The van der Waals surface area contributed by atoms with Crippen molar-refractivity contribution in [3.05, 3.63) is 59.7 Å². The number of amides is 2. The van der Waals surface area contributed by atoms with Gasteiger partial charge in [-0.15, -0.1) is 0 Å². The third kappa shape index (κ3) is 3.18. The number of benzene rings is 2. The maximum atomic E-state index is 12.5. The fourth-order valence-corrected chi connectivity index (χ4v) is 2.74. The van der Waals surface area contributed by atoms with Crippen molar-refractivity contribution in [3.8, 4) is 0 Å². The number of esters is 1. The minimum Gasteiger partial charge on any atom is -0.465 e. The van der Waals surface area contributed by atoms with Gasteiger partial charge in [-0.3, -0.25) is 4.90 Å². The minimum atomic E-state index is -0.396. The number of hydrogen-bond donors (Lipinski definition) is 1. The van der Waals surface area contributed by atoms with Crippen molar-refractivity contribution in [2.45, 2.75) is 12.8 Å². The first-order chi connectivity index (χ1) is 11.2. The monoisotopic (exact) mass is 310 g/mol. The topological polar surface area (TPSA) is 58.6 Å². The Hall–Kier alpha value is -2.82. The number of methoxy groups -OCH3 is 1. The predicted octanol–water partition coefficient (Wildman–Crippen LogP) is 3.46. The molecule has 0 bridgehead atoms. The number of nitrogens with zero attached hydrogens (tertiary/aromatic N) is 1. The summed E-state index contributed by atoms with van der Waals surface area (Å²) >= 11 is 0.